The van der Waals surface area contributed by atoms with Crippen molar-refractivity contribution in [2.24, 2.45) is 5.92 Å². The minimum Gasteiger partial charge on any atom is -0.478 e. The van der Waals surface area contributed by atoms with E-state index in [1.807, 2.05) is 0 Å². The molecule has 0 unspecified atom stereocenters. The first-order valence-corrected chi connectivity index (χ1v) is 7.32. The van der Waals surface area contributed by atoms with Gasteiger partial charge < -0.3 is 9.84 Å². The Morgan fingerprint density at radius 2 is 1.88 bits per heavy atom. The van der Waals surface area contributed by atoms with E-state index in [0.717, 1.165) is 11.8 Å². The SMILES string of the molecule is CSC[C@H](OC(=O)[C@H](C)CSC(C)=O)C(=O)O. The standard InChI is InChI=1S/C10H16O5S2/c1-6(4-17-7(2)11)10(14)15-8(5-16-3)9(12)13/h6,8H,4-5H2,1-3H3,(H,12,13)/t6-,8+/m1/s1. The highest BCUT2D eigenvalue weighted by Crippen LogP contribution is 2.12. The fourth-order valence-electron chi connectivity index (χ4n) is 0.874. The van der Waals surface area contributed by atoms with Crippen molar-refractivity contribution in [2.45, 2.75) is 20.0 Å². The average Bonchev–Trinajstić information content (AvgIpc) is 2.24. The summed E-state index contributed by atoms with van der Waals surface area (Å²) < 4.78 is 4.86. The Balaban J connectivity index is 4.20. The lowest BCUT2D eigenvalue weighted by Crippen LogP contribution is -2.32. The first-order valence-electron chi connectivity index (χ1n) is 4.94. The van der Waals surface area contributed by atoms with Gasteiger partial charge in [0.1, 0.15) is 0 Å². The Bertz CT molecular complexity index is 292. The largest absolute Gasteiger partial charge is 0.478 e. The van der Waals surface area contributed by atoms with E-state index in [9.17, 15) is 14.4 Å². The molecule has 0 rings (SSSR count). The quantitative estimate of drug-likeness (QED) is 0.703. The smallest absolute Gasteiger partial charge is 0.345 e. The molecule has 5 nitrogen and oxygen atoms in total. The van der Waals surface area contributed by atoms with Gasteiger partial charge >= 0.3 is 11.9 Å². The molecule has 0 aromatic rings. The molecule has 2 atom stereocenters. The van der Waals surface area contributed by atoms with E-state index in [1.165, 1.54) is 18.7 Å². The zero-order valence-corrected chi connectivity index (χ0v) is 11.6. The van der Waals surface area contributed by atoms with Crippen LogP contribution in [-0.4, -0.2) is 46.0 Å². The minimum absolute atomic E-state index is 0.0800. The summed E-state index contributed by atoms with van der Waals surface area (Å²) >= 11 is 2.32. The number of hydrogen-bond donors (Lipinski definition) is 1. The molecule has 0 aromatic heterocycles. The summed E-state index contributed by atoms with van der Waals surface area (Å²) in [6.07, 6.45) is 0.612. The van der Waals surface area contributed by atoms with Crippen molar-refractivity contribution in [3.05, 3.63) is 0 Å². The Kier molecular flexibility index (Phi) is 8.07. The molecule has 0 saturated heterocycles. The normalized spacial score (nSPS) is 13.8. The maximum Gasteiger partial charge on any atom is 0.345 e. The second-order valence-electron chi connectivity index (χ2n) is 3.42. The van der Waals surface area contributed by atoms with Crippen molar-refractivity contribution in [1.82, 2.24) is 0 Å². The lowest BCUT2D eigenvalue weighted by atomic mass is 10.2. The Hall–Kier alpha value is -0.690. The van der Waals surface area contributed by atoms with Crippen LogP contribution in [0.5, 0.6) is 0 Å². The molecule has 0 spiro atoms. The van der Waals surface area contributed by atoms with Crippen LogP contribution in [0.15, 0.2) is 0 Å². The van der Waals surface area contributed by atoms with Crippen LogP contribution in [0.3, 0.4) is 0 Å². The van der Waals surface area contributed by atoms with Gasteiger partial charge in [0.25, 0.3) is 0 Å². The molecule has 0 heterocycles. The molecule has 98 valence electrons. The molecule has 0 bridgehead atoms. The summed E-state index contributed by atoms with van der Waals surface area (Å²) in [5.41, 5.74) is 0. The second kappa shape index (κ2) is 8.41. The number of esters is 1. The van der Waals surface area contributed by atoms with Crippen molar-refractivity contribution in [2.75, 3.05) is 17.8 Å². The molecule has 7 heteroatoms. The predicted octanol–water partition coefficient (Wildman–Crippen LogP) is 1.26. The molecule has 0 fully saturated rings. The van der Waals surface area contributed by atoms with Gasteiger partial charge in [-0.05, 0) is 6.26 Å². The summed E-state index contributed by atoms with van der Waals surface area (Å²) in [6, 6.07) is 0. The summed E-state index contributed by atoms with van der Waals surface area (Å²) in [5, 5.41) is 8.72. The average molecular weight is 280 g/mol. The van der Waals surface area contributed by atoms with Gasteiger partial charge in [-0.1, -0.05) is 18.7 Å². The van der Waals surface area contributed by atoms with E-state index in [4.69, 9.17) is 9.84 Å². The summed E-state index contributed by atoms with van der Waals surface area (Å²) in [4.78, 5) is 33.0. The molecule has 0 aromatic carbocycles. The second-order valence-corrected chi connectivity index (χ2v) is 5.53. The van der Waals surface area contributed by atoms with Gasteiger partial charge in [0, 0.05) is 18.4 Å². The molecule has 1 N–H and O–H groups in total. The lowest BCUT2D eigenvalue weighted by Gasteiger charge is -2.15. The molecule has 0 radical (unpaired) electrons. The van der Waals surface area contributed by atoms with Crippen LogP contribution in [0.1, 0.15) is 13.8 Å². The molecule has 0 aliphatic carbocycles. The molecule has 0 aliphatic rings. The van der Waals surface area contributed by atoms with Gasteiger partial charge in [-0.25, -0.2) is 4.79 Å². The zero-order valence-electron chi connectivity index (χ0n) is 9.97. The fourth-order valence-corrected chi connectivity index (χ4v) is 2.01. The van der Waals surface area contributed by atoms with Gasteiger partial charge in [0.15, 0.2) is 5.12 Å². The number of carbonyl (C=O) groups is 3. The highest BCUT2D eigenvalue weighted by molar-refractivity contribution is 8.13. The van der Waals surface area contributed by atoms with Crippen LogP contribution in [0.2, 0.25) is 0 Å². The van der Waals surface area contributed by atoms with E-state index in [2.05, 4.69) is 0 Å². The molecule has 17 heavy (non-hydrogen) atoms. The zero-order chi connectivity index (χ0) is 13.4. The Morgan fingerprint density at radius 3 is 2.29 bits per heavy atom. The van der Waals surface area contributed by atoms with Gasteiger partial charge in [-0.2, -0.15) is 11.8 Å². The maximum absolute atomic E-state index is 11.5. The van der Waals surface area contributed by atoms with E-state index >= 15 is 0 Å². The van der Waals surface area contributed by atoms with E-state index < -0.39 is 24.0 Å². The van der Waals surface area contributed by atoms with E-state index in [0.29, 0.717) is 5.75 Å². The number of carboxylic acids is 1. The predicted molar refractivity (Wildman–Crippen MR) is 68.2 cm³/mol. The van der Waals surface area contributed by atoms with Crippen molar-refractivity contribution in [3.63, 3.8) is 0 Å². The highest BCUT2D eigenvalue weighted by atomic mass is 32.2. The molecule has 0 aliphatic heterocycles. The van der Waals surface area contributed by atoms with Crippen LogP contribution >= 0.6 is 23.5 Å². The highest BCUT2D eigenvalue weighted by Gasteiger charge is 2.25. The Morgan fingerprint density at radius 1 is 1.29 bits per heavy atom. The fraction of sp³-hybridized carbons (Fsp3) is 0.700. The summed E-state index contributed by atoms with van der Waals surface area (Å²) in [5.74, 6) is -1.71. The molecule has 0 saturated carbocycles. The first kappa shape index (κ1) is 16.3. The number of rotatable bonds is 7. The number of thioether (sulfide) groups is 2. The molecular formula is C10H16O5S2. The lowest BCUT2D eigenvalue weighted by molar-refractivity contribution is -0.164. The third-order valence-corrected chi connectivity index (χ3v) is 3.50. The first-order chi connectivity index (χ1) is 7.88. The maximum atomic E-state index is 11.5. The summed E-state index contributed by atoms with van der Waals surface area (Å²) in [7, 11) is 0. The van der Waals surface area contributed by atoms with Gasteiger partial charge in [-0.15, -0.1) is 0 Å². The molecule has 0 amide bonds. The number of aliphatic carboxylic acids is 1. The third-order valence-electron chi connectivity index (χ3n) is 1.79. The van der Waals surface area contributed by atoms with Gasteiger partial charge in [0.05, 0.1) is 5.92 Å². The topological polar surface area (TPSA) is 80.7 Å². The number of carboxylic acid groups (broad SMARTS) is 1. The van der Waals surface area contributed by atoms with Crippen LogP contribution in [0.25, 0.3) is 0 Å². The van der Waals surface area contributed by atoms with E-state index in [-0.39, 0.29) is 10.9 Å². The van der Waals surface area contributed by atoms with Crippen LogP contribution in [0.4, 0.5) is 0 Å². The Labute approximate surface area is 109 Å². The minimum atomic E-state index is -1.15. The third kappa shape index (κ3) is 7.27. The van der Waals surface area contributed by atoms with Crippen molar-refractivity contribution in [3.8, 4) is 0 Å². The van der Waals surface area contributed by atoms with Crippen molar-refractivity contribution >= 4 is 40.6 Å². The number of ether oxygens (including phenoxy) is 1. The van der Waals surface area contributed by atoms with Crippen LogP contribution in [-0.2, 0) is 19.1 Å². The number of hydrogen-bond acceptors (Lipinski definition) is 6. The van der Waals surface area contributed by atoms with Crippen LogP contribution in [0, 0.1) is 5.92 Å². The van der Waals surface area contributed by atoms with Crippen molar-refractivity contribution < 1.29 is 24.2 Å². The summed E-state index contributed by atoms with van der Waals surface area (Å²) in [6.45, 7) is 3.02. The number of carbonyl (C=O) groups excluding carboxylic acids is 2. The van der Waals surface area contributed by atoms with Gasteiger partial charge in [-0.3, -0.25) is 9.59 Å². The van der Waals surface area contributed by atoms with Crippen molar-refractivity contribution in [1.29, 1.82) is 0 Å². The van der Waals surface area contributed by atoms with Crippen LogP contribution < -0.4 is 0 Å². The molecular weight excluding hydrogens is 264 g/mol. The monoisotopic (exact) mass is 280 g/mol. The van der Waals surface area contributed by atoms with Gasteiger partial charge in [0.2, 0.25) is 6.10 Å². The van der Waals surface area contributed by atoms with E-state index in [1.54, 1.807) is 13.2 Å².